The summed E-state index contributed by atoms with van der Waals surface area (Å²) in [4.78, 5) is 49.2. The van der Waals surface area contributed by atoms with Crippen molar-refractivity contribution >= 4 is 23.9 Å². The van der Waals surface area contributed by atoms with Crippen LogP contribution in [0.15, 0.2) is 24.3 Å². The minimum absolute atomic E-state index is 0.524. The third kappa shape index (κ3) is 2.67. The maximum absolute atomic E-state index is 13.9. The molecule has 2 aliphatic rings. The number of benzene rings is 2. The van der Waals surface area contributed by atoms with E-state index in [0.717, 1.165) is 0 Å². The van der Waals surface area contributed by atoms with Gasteiger partial charge in [0.05, 0.1) is 33.4 Å². The van der Waals surface area contributed by atoms with E-state index in [1.54, 1.807) is 0 Å². The molecule has 0 unspecified atom stereocenters. The summed E-state index contributed by atoms with van der Waals surface area (Å²) >= 11 is 0. The Hall–Kier alpha value is -3.70. The average Bonchev–Trinajstić information content (AvgIpc) is 2.66. The Balaban J connectivity index is 2.35. The second-order valence-electron chi connectivity index (χ2n) is 6.17. The molecule has 2 aromatic carbocycles. The largest absolute Gasteiger partial charge is 0.417 e. The predicted octanol–water partition coefficient (Wildman–Crippen LogP) is 4.01. The second-order valence-corrected chi connectivity index (χ2v) is 6.17. The van der Waals surface area contributed by atoms with Crippen molar-refractivity contribution in [3.8, 4) is 11.1 Å². The molecule has 4 bridgehead atoms. The number of cyclic esters (lactones) is 2. The van der Waals surface area contributed by atoms with E-state index >= 15 is 0 Å². The van der Waals surface area contributed by atoms with E-state index in [0.29, 0.717) is 24.3 Å². The average molecular weight is 430 g/mol. The molecule has 2 aliphatic heterocycles. The molecule has 154 valence electrons. The highest BCUT2D eigenvalue weighted by atomic mass is 19.4. The maximum Gasteiger partial charge on any atom is 0.417 e. The van der Waals surface area contributed by atoms with E-state index in [9.17, 15) is 45.5 Å². The molecule has 0 fully saturated rings. The van der Waals surface area contributed by atoms with Gasteiger partial charge in [-0.3, -0.25) is 0 Å². The fourth-order valence-electron chi connectivity index (χ4n) is 3.39. The predicted molar refractivity (Wildman–Crippen MR) is 81.4 cm³/mol. The third-order valence-electron chi connectivity index (χ3n) is 4.49. The molecule has 0 spiro atoms. The van der Waals surface area contributed by atoms with Gasteiger partial charge < -0.3 is 9.47 Å². The monoisotopic (exact) mass is 430 g/mol. The van der Waals surface area contributed by atoms with Crippen molar-refractivity contribution in [2.75, 3.05) is 0 Å². The molecular weight excluding hydrogens is 426 g/mol. The lowest BCUT2D eigenvalue weighted by molar-refractivity contribution is -0.139. The summed E-state index contributed by atoms with van der Waals surface area (Å²) in [5.74, 6) is -7.50. The number of carbonyl (C=O) groups is 4. The first-order valence-corrected chi connectivity index (χ1v) is 7.84. The maximum atomic E-state index is 13.9. The fourth-order valence-corrected chi connectivity index (χ4v) is 3.39. The van der Waals surface area contributed by atoms with Gasteiger partial charge in [0.1, 0.15) is 0 Å². The van der Waals surface area contributed by atoms with Gasteiger partial charge in [-0.25, -0.2) is 19.2 Å². The molecule has 2 heterocycles. The lowest BCUT2D eigenvalue weighted by Gasteiger charge is -2.19. The van der Waals surface area contributed by atoms with Crippen LogP contribution in [0.5, 0.6) is 0 Å². The Morgan fingerprint density at radius 1 is 0.500 bits per heavy atom. The zero-order valence-corrected chi connectivity index (χ0v) is 14.0. The van der Waals surface area contributed by atoms with Crippen LogP contribution in [0, 0.1) is 0 Å². The molecule has 0 saturated carbocycles. The summed E-state index contributed by atoms with van der Waals surface area (Å²) in [7, 11) is 0. The summed E-state index contributed by atoms with van der Waals surface area (Å²) in [5, 5.41) is 0. The standard InChI is InChI=1S/C18H4F6O6/c19-17(20,21)11-5-1-3-7-9(11)15(27)30-16(28)10-8(14(26)29-13(7)25)4-2-6(5)12(10)18(22,23)24/h1-4H. The molecule has 30 heavy (non-hydrogen) atoms. The van der Waals surface area contributed by atoms with Crippen molar-refractivity contribution in [2.24, 2.45) is 0 Å². The molecule has 0 aliphatic carbocycles. The number of fused-ring (bicyclic) bond motifs is 5. The van der Waals surface area contributed by atoms with E-state index in [4.69, 9.17) is 0 Å². The lowest BCUT2D eigenvalue weighted by Crippen LogP contribution is -2.27. The molecule has 6 nitrogen and oxygen atoms in total. The first kappa shape index (κ1) is 19.6. The number of alkyl halides is 6. The topological polar surface area (TPSA) is 86.7 Å². The van der Waals surface area contributed by atoms with Crippen molar-refractivity contribution in [3.05, 3.63) is 57.6 Å². The van der Waals surface area contributed by atoms with E-state index < -0.39 is 80.7 Å². The van der Waals surface area contributed by atoms with Crippen molar-refractivity contribution in [1.29, 1.82) is 0 Å². The number of ether oxygens (including phenoxy) is 2. The van der Waals surface area contributed by atoms with Crippen molar-refractivity contribution in [3.63, 3.8) is 0 Å². The van der Waals surface area contributed by atoms with E-state index in [-0.39, 0.29) is 0 Å². The number of hydrogen-bond donors (Lipinski definition) is 0. The highest BCUT2D eigenvalue weighted by molar-refractivity contribution is 6.18. The minimum Gasteiger partial charge on any atom is -0.386 e. The highest BCUT2D eigenvalue weighted by Crippen LogP contribution is 2.48. The molecule has 4 rings (SSSR count). The van der Waals surface area contributed by atoms with Gasteiger partial charge in [0.2, 0.25) is 0 Å². The highest BCUT2D eigenvalue weighted by Gasteiger charge is 2.48. The van der Waals surface area contributed by atoms with Crippen molar-refractivity contribution in [2.45, 2.75) is 12.4 Å². The molecular formula is C18H4F6O6. The van der Waals surface area contributed by atoms with E-state index in [1.807, 2.05) is 0 Å². The van der Waals surface area contributed by atoms with Gasteiger partial charge in [-0.1, -0.05) is 12.1 Å². The number of halogens is 6. The van der Waals surface area contributed by atoms with Gasteiger partial charge in [0, 0.05) is 0 Å². The fraction of sp³-hybridized carbons (Fsp3) is 0.111. The van der Waals surface area contributed by atoms with E-state index in [1.165, 1.54) is 0 Å². The molecule has 0 radical (unpaired) electrons. The van der Waals surface area contributed by atoms with Gasteiger partial charge in [0.15, 0.2) is 0 Å². The number of hydrogen-bond acceptors (Lipinski definition) is 6. The molecule has 0 saturated heterocycles. The third-order valence-corrected chi connectivity index (χ3v) is 4.49. The Morgan fingerprint density at radius 2 is 0.800 bits per heavy atom. The van der Waals surface area contributed by atoms with Crippen LogP contribution in [0.25, 0.3) is 11.1 Å². The van der Waals surface area contributed by atoms with Crippen LogP contribution < -0.4 is 0 Å². The molecule has 0 amide bonds. The Labute approximate surface area is 161 Å². The van der Waals surface area contributed by atoms with E-state index in [2.05, 4.69) is 9.47 Å². The van der Waals surface area contributed by atoms with Gasteiger partial charge in [-0.05, 0) is 23.3 Å². The van der Waals surface area contributed by atoms with Crippen LogP contribution in [-0.4, -0.2) is 23.9 Å². The molecule has 0 aromatic heterocycles. The van der Waals surface area contributed by atoms with Crippen LogP contribution in [-0.2, 0) is 21.8 Å². The van der Waals surface area contributed by atoms with Crippen LogP contribution in [0.4, 0.5) is 26.3 Å². The summed E-state index contributed by atoms with van der Waals surface area (Å²) in [6.45, 7) is 0. The SMILES string of the molecule is O=C1OC(=O)c2ccc3c(C(F)(F)F)c2C(=O)OC(=O)c2c1ccc-3c2C(F)(F)F. The van der Waals surface area contributed by atoms with Crippen LogP contribution in [0.2, 0.25) is 0 Å². The first-order chi connectivity index (χ1) is 13.8. The number of rotatable bonds is 0. The lowest BCUT2D eigenvalue weighted by atomic mass is 9.87. The summed E-state index contributed by atoms with van der Waals surface area (Å²) in [6, 6.07) is 2.22. The Bertz CT molecular complexity index is 1100. The van der Waals surface area contributed by atoms with Crippen LogP contribution in [0.1, 0.15) is 52.6 Å². The summed E-state index contributed by atoms with van der Waals surface area (Å²) in [6.07, 6.45) is -10.9. The normalized spacial score (nSPS) is 15.8. The molecule has 12 heteroatoms. The summed E-state index contributed by atoms with van der Waals surface area (Å²) in [5.41, 5.74) is -11.4. The number of carbonyl (C=O) groups excluding carboxylic acids is 4. The molecule has 0 N–H and O–H groups in total. The summed E-state index contributed by atoms with van der Waals surface area (Å²) < 4.78 is 91.9. The Kier molecular flexibility index (Phi) is 3.86. The number of esters is 4. The van der Waals surface area contributed by atoms with Gasteiger partial charge in [-0.2, -0.15) is 26.3 Å². The Morgan fingerprint density at radius 3 is 1.13 bits per heavy atom. The van der Waals surface area contributed by atoms with Crippen molar-refractivity contribution < 1.29 is 55.0 Å². The van der Waals surface area contributed by atoms with Gasteiger partial charge in [-0.15, -0.1) is 0 Å². The quantitative estimate of drug-likeness (QED) is 0.357. The van der Waals surface area contributed by atoms with Crippen LogP contribution >= 0.6 is 0 Å². The first-order valence-electron chi connectivity index (χ1n) is 7.84. The minimum atomic E-state index is -5.45. The zero-order valence-electron chi connectivity index (χ0n) is 14.0. The smallest absolute Gasteiger partial charge is 0.386 e. The molecule has 2 aromatic rings. The van der Waals surface area contributed by atoms with Crippen molar-refractivity contribution in [1.82, 2.24) is 0 Å². The second kappa shape index (κ2) is 5.90. The zero-order chi connectivity index (χ0) is 22.2. The molecule has 0 atom stereocenters. The van der Waals surface area contributed by atoms with Gasteiger partial charge in [0.25, 0.3) is 0 Å². The van der Waals surface area contributed by atoms with Gasteiger partial charge >= 0.3 is 36.2 Å². The van der Waals surface area contributed by atoms with Crippen LogP contribution in [0.3, 0.4) is 0 Å².